The molecular weight excluding hydrogens is 404 g/mol. The maximum absolute atomic E-state index is 13.2. The van der Waals surface area contributed by atoms with Crippen LogP contribution in [0.15, 0.2) is 78.9 Å². The maximum atomic E-state index is 13.2. The van der Waals surface area contributed by atoms with E-state index in [1.54, 1.807) is 44.4 Å². The van der Waals surface area contributed by atoms with E-state index in [0.717, 1.165) is 22.2 Å². The van der Waals surface area contributed by atoms with Crippen LogP contribution in [0, 0.1) is 0 Å². The molecule has 1 N–H and O–H groups in total. The molecule has 32 heavy (non-hydrogen) atoms. The lowest BCUT2D eigenvalue weighted by Gasteiger charge is -2.11. The summed E-state index contributed by atoms with van der Waals surface area (Å²) in [4.78, 5) is 29.7. The normalized spacial score (nSPS) is 10.6. The van der Waals surface area contributed by atoms with Crippen LogP contribution >= 0.6 is 0 Å². The van der Waals surface area contributed by atoms with Crippen LogP contribution in [0.1, 0.15) is 27.6 Å². The summed E-state index contributed by atoms with van der Waals surface area (Å²) in [5, 5.41) is 3.66. The number of nitrogens with one attached hydrogen (secondary N) is 1. The van der Waals surface area contributed by atoms with Gasteiger partial charge in [-0.3, -0.25) is 4.79 Å². The topological polar surface area (TPSA) is 77.5 Å². The summed E-state index contributed by atoms with van der Waals surface area (Å²) in [5.74, 6) is 0.0932. The summed E-state index contributed by atoms with van der Waals surface area (Å²) in [6, 6.07) is 23.5. The van der Waals surface area contributed by atoms with E-state index in [2.05, 4.69) is 5.32 Å². The molecule has 6 nitrogen and oxygen atoms in total. The Bertz CT molecular complexity index is 1270. The number of para-hydroxylation sites is 1. The number of amides is 1. The van der Waals surface area contributed by atoms with Crippen molar-refractivity contribution in [2.75, 3.05) is 19.0 Å². The smallest absolute Gasteiger partial charge is 0.338 e. The van der Waals surface area contributed by atoms with Gasteiger partial charge in [0.1, 0.15) is 5.75 Å². The number of hydrogen-bond donors (Lipinski definition) is 1. The van der Waals surface area contributed by atoms with Crippen LogP contribution in [0.25, 0.3) is 22.2 Å². The second-order valence-corrected chi connectivity index (χ2v) is 7.05. The molecule has 1 amide bonds. The molecule has 0 atom stereocenters. The number of pyridine rings is 1. The summed E-state index contributed by atoms with van der Waals surface area (Å²) in [7, 11) is 1.62. The molecule has 0 saturated heterocycles. The molecule has 0 aliphatic heterocycles. The fourth-order valence-corrected chi connectivity index (χ4v) is 3.38. The molecule has 1 heterocycles. The van der Waals surface area contributed by atoms with Gasteiger partial charge in [0.05, 0.1) is 36.1 Å². The van der Waals surface area contributed by atoms with Gasteiger partial charge in [0.25, 0.3) is 5.91 Å². The number of methoxy groups -OCH3 is 1. The van der Waals surface area contributed by atoms with Crippen LogP contribution in [0.4, 0.5) is 5.69 Å². The molecule has 4 aromatic rings. The van der Waals surface area contributed by atoms with Crippen LogP contribution in [0.3, 0.4) is 0 Å². The lowest BCUT2D eigenvalue weighted by atomic mass is 10.0. The second-order valence-electron chi connectivity index (χ2n) is 7.05. The van der Waals surface area contributed by atoms with Crippen molar-refractivity contribution >= 4 is 28.5 Å². The average molecular weight is 426 g/mol. The molecule has 6 heteroatoms. The largest absolute Gasteiger partial charge is 0.497 e. The van der Waals surface area contributed by atoms with Gasteiger partial charge in [-0.15, -0.1) is 0 Å². The highest BCUT2D eigenvalue weighted by atomic mass is 16.5. The van der Waals surface area contributed by atoms with Gasteiger partial charge in [-0.1, -0.05) is 18.2 Å². The molecule has 0 spiro atoms. The summed E-state index contributed by atoms with van der Waals surface area (Å²) < 4.78 is 10.2. The molecule has 3 aromatic carbocycles. The Morgan fingerprint density at radius 2 is 1.66 bits per heavy atom. The van der Waals surface area contributed by atoms with Crippen molar-refractivity contribution in [3.05, 3.63) is 90.0 Å². The van der Waals surface area contributed by atoms with Gasteiger partial charge in [-0.05, 0) is 67.6 Å². The van der Waals surface area contributed by atoms with Crippen molar-refractivity contribution in [1.82, 2.24) is 4.98 Å². The van der Waals surface area contributed by atoms with Gasteiger partial charge in [0, 0.05) is 16.6 Å². The Kier molecular flexibility index (Phi) is 6.12. The van der Waals surface area contributed by atoms with E-state index < -0.39 is 5.97 Å². The van der Waals surface area contributed by atoms with Crippen LogP contribution in [-0.4, -0.2) is 30.6 Å². The van der Waals surface area contributed by atoms with Gasteiger partial charge in [0.15, 0.2) is 0 Å². The minimum absolute atomic E-state index is 0.262. The van der Waals surface area contributed by atoms with E-state index in [4.69, 9.17) is 14.5 Å². The molecular formula is C26H22N2O4. The molecule has 160 valence electrons. The first kappa shape index (κ1) is 21.1. The minimum Gasteiger partial charge on any atom is -0.497 e. The van der Waals surface area contributed by atoms with Crippen molar-refractivity contribution < 1.29 is 19.1 Å². The molecule has 0 bridgehead atoms. The van der Waals surface area contributed by atoms with E-state index in [9.17, 15) is 9.59 Å². The predicted molar refractivity (Wildman–Crippen MR) is 124 cm³/mol. The summed E-state index contributed by atoms with van der Waals surface area (Å²) >= 11 is 0. The highest BCUT2D eigenvalue weighted by molar-refractivity contribution is 6.13. The number of benzene rings is 3. The Morgan fingerprint density at radius 3 is 2.34 bits per heavy atom. The molecule has 0 radical (unpaired) electrons. The Morgan fingerprint density at radius 1 is 0.938 bits per heavy atom. The standard InChI is InChI=1S/C26H22N2O4/c1-3-32-26(30)18-8-12-19(13-9-18)27-25(29)22-16-24(17-10-14-20(31-2)15-11-17)28-23-7-5-4-6-21(22)23/h4-16H,3H2,1-2H3,(H,27,29). The van der Waals surface area contributed by atoms with Crippen LogP contribution in [0.5, 0.6) is 5.75 Å². The molecule has 0 aliphatic rings. The Balaban J connectivity index is 1.66. The summed E-state index contributed by atoms with van der Waals surface area (Å²) in [5.41, 5.74) is 3.81. The average Bonchev–Trinajstić information content (AvgIpc) is 2.84. The van der Waals surface area contributed by atoms with Gasteiger partial charge >= 0.3 is 5.97 Å². The number of anilines is 1. The molecule has 0 unspecified atom stereocenters. The molecule has 0 fully saturated rings. The number of nitrogens with zero attached hydrogens (tertiary/aromatic N) is 1. The Labute approximate surface area is 185 Å². The number of carbonyl (C=O) groups is 2. The molecule has 4 rings (SSSR count). The molecule has 1 aromatic heterocycles. The van der Waals surface area contributed by atoms with Crippen molar-refractivity contribution in [2.45, 2.75) is 6.92 Å². The molecule has 0 saturated carbocycles. The van der Waals surface area contributed by atoms with Crippen molar-refractivity contribution in [3.63, 3.8) is 0 Å². The number of hydrogen-bond acceptors (Lipinski definition) is 5. The number of rotatable bonds is 6. The van der Waals surface area contributed by atoms with Crippen LogP contribution in [-0.2, 0) is 4.74 Å². The van der Waals surface area contributed by atoms with Gasteiger partial charge in [0.2, 0.25) is 0 Å². The van der Waals surface area contributed by atoms with Gasteiger partial charge in [-0.25, -0.2) is 9.78 Å². The maximum Gasteiger partial charge on any atom is 0.338 e. The van der Waals surface area contributed by atoms with Crippen molar-refractivity contribution in [2.24, 2.45) is 0 Å². The lowest BCUT2D eigenvalue weighted by molar-refractivity contribution is 0.0526. The third kappa shape index (κ3) is 4.44. The highest BCUT2D eigenvalue weighted by Crippen LogP contribution is 2.27. The highest BCUT2D eigenvalue weighted by Gasteiger charge is 2.15. The first-order valence-electron chi connectivity index (χ1n) is 10.2. The van der Waals surface area contributed by atoms with Crippen LogP contribution in [0.2, 0.25) is 0 Å². The van der Waals surface area contributed by atoms with E-state index in [-0.39, 0.29) is 5.91 Å². The molecule has 0 aliphatic carbocycles. The lowest BCUT2D eigenvalue weighted by Crippen LogP contribution is -2.13. The SMILES string of the molecule is CCOC(=O)c1ccc(NC(=O)c2cc(-c3ccc(OC)cc3)nc3ccccc23)cc1. The number of esters is 1. The minimum atomic E-state index is -0.394. The first-order valence-corrected chi connectivity index (χ1v) is 10.2. The number of carbonyl (C=O) groups excluding carboxylic acids is 2. The predicted octanol–water partition coefficient (Wildman–Crippen LogP) is 5.34. The van der Waals surface area contributed by atoms with Crippen molar-refractivity contribution in [1.29, 1.82) is 0 Å². The third-order valence-electron chi connectivity index (χ3n) is 5.00. The number of fused-ring (bicyclic) bond motifs is 1. The zero-order valence-corrected chi connectivity index (χ0v) is 17.8. The zero-order valence-electron chi connectivity index (χ0n) is 17.8. The summed E-state index contributed by atoms with van der Waals surface area (Å²) in [6.07, 6.45) is 0. The van der Waals surface area contributed by atoms with E-state index in [0.29, 0.717) is 29.1 Å². The zero-order chi connectivity index (χ0) is 22.5. The van der Waals surface area contributed by atoms with Crippen molar-refractivity contribution in [3.8, 4) is 17.0 Å². The second kappa shape index (κ2) is 9.31. The van der Waals surface area contributed by atoms with E-state index in [1.165, 1.54) is 0 Å². The third-order valence-corrected chi connectivity index (χ3v) is 5.00. The fraction of sp³-hybridized carbons (Fsp3) is 0.115. The number of aromatic nitrogens is 1. The fourth-order valence-electron chi connectivity index (χ4n) is 3.38. The van der Waals surface area contributed by atoms with E-state index >= 15 is 0 Å². The monoisotopic (exact) mass is 426 g/mol. The van der Waals surface area contributed by atoms with Gasteiger partial charge < -0.3 is 14.8 Å². The summed E-state index contributed by atoms with van der Waals surface area (Å²) in [6.45, 7) is 2.06. The van der Waals surface area contributed by atoms with E-state index in [1.807, 2.05) is 48.5 Å². The van der Waals surface area contributed by atoms with Gasteiger partial charge in [-0.2, -0.15) is 0 Å². The quantitative estimate of drug-likeness (QED) is 0.421. The Hall–Kier alpha value is -4.19. The number of ether oxygens (including phenoxy) is 2. The first-order chi connectivity index (χ1) is 15.6. The van der Waals surface area contributed by atoms with Crippen LogP contribution < -0.4 is 10.1 Å².